The lowest BCUT2D eigenvalue weighted by Crippen LogP contribution is -2.22. The summed E-state index contributed by atoms with van der Waals surface area (Å²) < 4.78 is 15.5. The van der Waals surface area contributed by atoms with Crippen LogP contribution in [0.2, 0.25) is 0 Å². The molecule has 0 spiro atoms. The predicted molar refractivity (Wildman–Crippen MR) is 74.3 cm³/mol. The number of benzene rings is 1. The van der Waals surface area contributed by atoms with E-state index < -0.39 is 6.29 Å². The first-order valence-corrected chi connectivity index (χ1v) is 7.27. The molecule has 1 aliphatic heterocycles. The van der Waals surface area contributed by atoms with E-state index in [9.17, 15) is 9.59 Å². The van der Waals surface area contributed by atoms with E-state index >= 15 is 0 Å². The topological polar surface area (TPSA) is 61.8 Å². The number of esters is 2. The van der Waals surface area contributed by atoms with Gasteiger partial charge in [0.05, 0.1) is 11.3 Å². The quantitative estimate of drug-likeness (QED) is 0.793. The van der Waals surface area contributed by atoms with Gasteiger partial charge in [-0.3, -0.25) is 4.79 Å². The van der Waals surface area contributed by atoms with Crippen LogP contribution in [0.4, 0.5) is 0 Å². The predicted octanol–water partition coefficient (Wildman–Crippen LogP) is 2.13. The first kappa shape index (κ1) is 14.9. The molecule has 1 aliphatic rings. The Morgan fingerprint density at radius 3 is 2.95 bits per heavy atom. The fraction of sp³-hybridized carbons (Fsp3) is 0.429. The molecular formula is C14H16O5S. The molecular weight excluding hydrogens is 280 g/mol. The Morgan fingerprint density at radius 2 is 2.25 bits per heavy atom. The van der Waals surface area contributed by atoms with Gasteiger partial charge >= 0.3 is 11.9 Å². The molecule has 108 valence electrons. The summed E-state index contributed by atoms with van der Waals surface area (Å²) in [5.74, 6) is -0.214. The molecule has 0 bridgehead atoms. The minimum atomic E-state index is -0.555. The second-order valence-electron chi connectivity index (χ2n) is 4.41. The molecule has 2 rings (SSSR count). The van der Waals surface area contributed by atoms with Gasteiger partial charge in [0.15, 0.2) is 0 Å². The Bertz CT molecular complexity index is 502. The fourth-order valence-corrected chi connectivity index (χ4v) is 2.65. The van der Waals surface area contributed by atoms with E-state index in [2.05, 4.69) is 0 Å². The Labute approximate surface area is 121 Å². The molecule has 0 N–H and O–H groups in total. The average molecular weight is 296 g/mol. The zero-order valence-electron chi connectivity index (χ0n) is 11.3. The smallest absolute Gasteiger partial charge is 0.338 e. The molecule has 6 heteroatoms. The van der Waals surface area contributed by atoms with Crippen LogP contribution in [0.3, 0.4) is 0 Å². The standard InChI is InChI=1S/C14H16O5S/c1-9-4-3-5-11(6-9)14(16)17-7-13-19-12(8-20-13)18-10(2)15/h3-6,12-13H,7-8H2,1-2H3. The van der Waals surface area contributed by atoms with Crippen molar-refractivity contribution in [2.45, 2.75) is 25.6 Å². The summed E-state index contributed by atoms with van der Waals surface area (Å²) >= 11 is 1.46. The largest absolute Gasteiger partial charge is 0.458 e. The van der Waals surface area contributed by atoms with Crippen LogP contribution in [0.1, 0.15) is 22.8 Å². The SMILES string of the molecule is CC(=O)OC1CSC(COC(=O)c2cccc(C)c2)O1. The molecule has 5 nitrogen and oxygen atoms in total. The van der Waals surface area contributed by atoms with Gasteiger partial charge in [0, 0.05) is 6.92 Å². The molecule has 1 fully saturated rings. The number of hydrogen-bond acceptors (Lipinski definition) is 6. The lowest BCUT2D eigenvalue weighted by atomic mass is 10.1. The van der Waals surface area contributed by atoms with E-state index in [1.165, 1.54) is 18.7 Å². The number of rotatable bonds is 4. The second-order valence-corrected chi connectivity index (χ2v) is 5.60. The molecule has 1 aromatic rings. The summed E-state index contributed by atoms with van der Waals surface area (Å²) in [5, 5.41) is 0. The maximum absolute atomic E-state index is 11.8. The van der Waals surface area contributed by atoms with E-state index in [4.69, 9.17) is 14.2 Å². The van der Waals surface area contributed by atoms with Crippen LogP contribution < -0.4 is 0 Å². The van der Waals surface area contributed by atoms with Crippen molar-refractivity contribution in [3.05, 3.63) is 35.4 Å². The highest BCUT2D eigenvalue weighted by molar-refractivity contribution is 8.00. The maximum atomic E-state index is 11.8. The molecule has 1 saturated heterocycles. The minimum absolute atomic E-state index is 0.134. The summed E-state index contributed by atoms with van der Waals surface area (Å²) in [6, 6.07) is 7.20. The Morgan fingerprint density at radius 1 is 1.45 bits per heavy atom. The Balaban J connectivity index is 1.78. The summed E-state index contributed by atoms with van der Waals surface area (Å²) in [7, 11) is 0. The van der Waals surface area contributed by atoms with Gasteiger partial charge in [-0.25, -0.2) is 4.79 Å². The monoisotopic (exact) mass is 296 g/mol. The van der Waals surface area contributed by atoms with Crippen molar-refractivity contribution in [2.75, 3.05) is 12.4 Å². The van der Waals surface area contributed by atoms with Crippen LogP contribution in [0.5, 0.6) is 0 Å². The van der Waals surface area contributed by atoms with Crippen LogP contribution in [-0.4, -0.2) is 36.0 Å². The van der Waals surface area contributed by atoms with Gasteiger partial charge in [0.2, 0.25) is 6.29 Å². The van der Waals surface area contributed by atoms with Gasteiger partial charge in [-0.1, -0.05) is 17.7 Å². The molecule has 0 saturated carbocycles. The summed E-state index contributed by atoms with van der Waals surface area (Å²) in [4.78, 5) is 22.6. The van der Waals surface area contributed by atoms with Crippen molar-refractivity contribution in [3.63, 3.8) is 0 Å². The fourth-order valence-electron chi connectivity index (χ4n) is 1.77. The summed E-state index contributed by atoms with van der Waals surface area (Å²) in [6.45, 7) is 3.38. The highest BCUT2D eigenvalue weighted by Gasteiger charge is 2.29. The molecule has 20 heavy (non-hydrogen) atoms. The number of hydrogen-bond donors (Lipinski definition) is 0. The van der Waals surface area contributed by atoms with Gasteiger partial charge in [-0.2, -0.15) is 0 Å². The normalized spacial score (nSPS) is 21.5. The van der Waals surface area contributed by atoms with Crippen molar-refractivity contribution in [1.29, 1.82) is 0 Å². The first-order valence-electron chi connectivity index (χ1n) is 6.22. The lowest BCUT2D eigenvalue weighted by molar-refractivity contribution is -0.172. The molecule has 0 radical (unpaired) electrons. The second kappa shape index (κ2) is 6.76. The van der Waals surface area contributed by atoms with Crippen molar-refractivity contribution in [1.82, 2.24) is 0 Å². The van der Waals surface area contributed by atoms with Gasteiger partial charge in [0.1, 0.15) is 12.0 Å². The van der Waals surface area contributed by atoms with E-state index in [1.54, 1.807) is 12.1 Å². The zero-order chi connectivity index (χ0) is 14.5. The van der Waals surface area contributed by atoms with E-state index in [0.29, 0.717) is 11.3 Å². The third kappa shape index (κ3) is 4.25. The van der Waals surface area contributed by atoms with E-state index in [-0.39, 0.29) is 24.0 Å². The highest BCUT2D eigenvalue weighted by atomic mass is 32.2. The Kier molecular flexibility index (Phi) is 5.03. The van der Waals surface area contributed by atoms with Gasteiger partial charge in [-0.15, -0.1) is 11.8 Å². The molecule has 1 aromatic carbocycles. The minimum Gasteiger partial charge on any atom is -0.458 e. The van der Waals surface area contributed by atoms with Crippen molar-refractivity contribution in [3.8, 4) is 0 Å². The number of aryl methyl sites for hydroxylation is 1. The number of carbonyl (C=O) groups excluding carboxylic acids is 2. The molecule has 0 aliphatic carbocycles. The van der Waals surface area contributed by atoms with Gasteiger partial charge in [0.25, 0.3) is 0 Å². The molecule has 0 amide bonds. The summed E-state index contributed by atoms with van der Waals surface area (Å²) in [5.41, 5.74) is 1.22. The number of carbonyl (C=O) groups is 2. The van der Waals surface area contributed by atoms with E-state index in [1.807, 2.05) is 19.1 Å². The van der Waals surface area contributed by atoms with Gasteiger partial charge < -0.3 is 14.2 Å². The molecule has 2 atom stereocenters. The van der Waals surface area contributed by atoms with Crippen LogP contribution in [0.25, 0.3) is 0 Å². The van der Waals surface area contributed by atoms with Crippen molar-refractivity contribution >= 4 is 23.7 Å². The first-order chi connectivity index (χ1) is 9.54. The number of ether oxygens (including phenoxy) is 3. The molecule has 2 unspecified atom stereocenters. The summed E-state index contributed by atoms with van der Waals surface area (Å²) in [6.07, 6.45) is -0.555. The molecule has 0 aromatic heterocycles. The third-order valence-corrected chi connectivity index (χ3v) is 3.71. The van der Waals surface area contributed by atoms with Crippen LogP contribution in [-0.2, 0) is 19.0 Å². The van der Waals surface area contributed by atoms with Crippen LogP contribution in [0.15, 0.2) is 24.3 Å². The third-order valence-electron chi connectivity index (χ3n) is 2.62. The highest BCUT2D eigenvalue weighted by Crippen LogP contribution is 2.26. The van der Waals surface area contributed by atoms with Crippen LogP contribution >= 0.6 is 11.8 Å². The zero-order valence-corrected chi connectivity index (χ0v) is 12.1. The van der Waals surface area contributed by atoms with Crippen LogP contribution in [0, 0.1) is 6.92 Å². The Hall–Kier alpha value is -1.53. The average Bonchev–Trinajstić information content (AvgIpc) is 2.82. The van der Waals surface area contributed by atoms with Crippen molar-refractivity contribution < 1.29 is 23.8 Å². The maximum Gasteiger partial charge on any atom is 0.338 e. The number of thioether (sulfide) groups is 1. The van der Waals surface area contributed by atoms with Crippen molar-refractivity contribution in [2.24, 2.45) is 0 Å². The van der Waals surface area contributed by atoms with Gasteiger partial charge in [-0.05, 0) is 19.1 Å². The lowest BCUT2D eigenvalue weighted by Gasteiger charge is -2.12. The molecule has 1 heterocycles. The van der Waals surface area contributed by atoms with E-state index in [0.717, 1.165) is 5.56 Å².